The van der Waals surface area contributed by atoms with Crippen LogP contribution in [0.1, 0.15) is 0 Å². The predicted octanol–water partition coefficient (Wildman–Crippen LogP) is 1.84. The highest BCUT2D eigenvalue weighted by Gasteiger charge is 2.60. The summed E-state index contributed by atoms with van der Waals surface area (Å²) >= 11 is 0. The number of halogens is 6. The Labute approximate surface area is 56.4 Å². The Morgan fingerprint density at radius 2 is 1.45 bits per heavy atom. The van der Waals surface area contributed by atoms with Gasteiger partial charge in [0.05, 0.1) is 0 Å². The van der Waals surface area contributed by atoms with Crippen molar-refractivity contribution >= 4 is 0 Å². The van der Waals surface area contributed by atoms with Crippen LogP contribution in [0.4, 0.5) is 26.3 Å². The normalized spacial score (nSPS) is 14.2. The van der Waals surface area contributed by atoms with Crippen molar-refractivity contribution in [3.63, 3.8) is 0 Å². The topological polar surface area (TPSA) is 29.1 Å². The fraction of sp³-hybridized carbons (Fsp3) is 1.00. The van der Waals surface area contributed by atoms with Gasteiger partial charge in [0.2, 0.25) is 0 Å². The SMILES string of the molecule is [O]C(F)(F)C(F)(F)OC(F)F. The second kappa shape index (κ2) is 2.86. The molecule has 0 aliphatic carbocycles. The van der Waals surface area contributed by atoms with Crippen LogP contribution in [0, 0.1) is 0 Å². The average molecular weight is 183 g/mol. The molecule has 8 heteroatoms. The highest BCUT2D eigenvalue weighted by molar-refractivity contribution is 4.62. The monoisotopic (exact) mass is 183 g/mol. The molecule has 0 rings (SSSR count). The molecule has 67 valence electrons. The third-order valence-electron chi connectivity index (χ3n) is 0.576. The van der Waals surface area contributed by atoms with Crippen molar-refractivity contribution < 1.29 is 36.2 Å². The molecule has 1 radical (unpaired) electrons. The number of rotatable bonds is 3. The van der Waals surface area contributed by atoms with Gasteiger partial charge in [0.15, 0.2) is 0 Å². The molecule has 2 nitrogen and oxygen atoms in total. The zero-order valence-electron chi connectivity index (χ0n) is 4.66. The Balaban J connectivity index is 4.22. The molecular weight excluding hydrogens is 182 g/mol. The molecule has 0 atom stereocenters. The quantitative estimate of drug-likeness (QED) is 0.613. The van der Waals surface area contributed by atoms with Crippen molar-refractivity contribution in [1.82, 2.24) is 0 Å². The molecule has 0 aromatic carbocycles. The van der Waals surface area contributed by atoms with Gasteiger partial charge in [0.25, 0.3) is 0 Å². The van der Waals surface area contributed by atoms with E-state index in [2.05, 4.69) is 4.74 Å². The smallest absolute Gasteiger partial charge is 0.251 e. The summed E-state index contributed by atoms with van der Waals surface area (Å²) in [6.07, 6.45) is -11.5. The molecule has 0 aromatic rings. The fourth-order valence-corrected chi connectivity index (χ4v) is 0.180. The Bertz CT molecular complexity index is 128. The standard InChI is InChI=1S/C3HF6O2/c4-1(5)11-3(8,9)2(6,7)10/h1H. The molecule has 0 aliphatic heterocycles. The summed E-state index contributed by atoms with van der Waals surface area (Å²) in [5.41, 5.74) is 0. The van der Waals surface area contributed by atoms with Crippen molar-refractivity contribution in [2.45, 2.75) is 18.8 Å². The molecule has 0 bridgehead atoms. The third-order valence-corrected chi connectivity index (χ3v) is 0.576. The second-order valence-corrected chi connectivity index (χ2v) is 1.41. The molecule has 0 spiro atoms. The van der Waals surface area contributed by atoms with Gasteiger partial charge in [0, 0.05) is 0 Å². The van der Waals surface area contributed by atoms with Crippen molar-refractivity contribution in [3.8, 4) is 0 Å². The lowest BCUT2D eigenvalue weighted by Crippen LogP contribution is -2.42. The molecule has 0 aliphatic rings. The first kappa shape index (κ1) is 10.5. The molecular formula is C3HF6O2. The Morgan fingerprint density at radius 3 is 1.55 bits per heavy atom. The lowest BCUT2D eigenvalue weighted by atomic mass is 10.6. The van der Waals surface area contributed by atoms with E-state index in [9.17, 15) is 26.3 Å². The maximum atomic E-state index is 11.4. The first-order chi connectivity index (χ1) is 4.67. The van der Waals surface area contributed by atoms with Crippen LogP contribution >= 0.6 is 0 Å². The van der Waals surface area contributed by atoms with Gasteiger partial charge in [-0.25, -0.2) is 0 Å². The lowest BCUT2D eigenvalue weighted by Gasteiger charge is -2.18. The van der Waals surface area contributed by atoms with Crippen molar-refractivity contribution in [3.05, 3.63) is 0 Å². The summed E-state index contributed by atoms with van der Waals surface area (Å²) in [6.45, 7) is -4.12. The summed E-state index contributed by atoms with van der Waals surface area (Å²) in [4.78, 5) is 0. The van der Waals surface area contributed by atoms with Crippen molar-refractivity contribution in [2.24, 2.45) is 0 Å². The van der Waals surface area contributed by atoms with Crippen LogP contribution in [0.5, 0.6) is 0 Å². The van der Waals surface area contributed by atoms with Crippen LogP contribution in [0.2, 0.25) is 0 Å². The van der Waals surface area contributed by atoms with Crippen LogP contribution in [-0.4, -0.2) is 18.8 Å². The second-order valence-electron chi connectivity index (χ2n) is 1.41. The molecule has 0 fully saturated rings. The van der Waals surface area contributed by atoms with E-state index in [1.165, 1.54) is 0 Å². The van der Waals surface area contributed by atoms with Gasteiger partial charge in [-0.05, 0) is 0 Å². The molecule has 0 amide bonds. The van der Waals surface area contributed by atoms with E-state index in [0.29, 0.717) is 0 Å². The minimum atomic E-state index is -5.86. The van der Waals surface area contributed by atoms with Crippen LogP contribution in [0.25, 0.3) is 0 Å². The number of ether oxygens (including phenoxy) is 1. The zero-order valence-corrected chi connectivity index (χ0v) is 4.66. The number of hydrogen-bond donors (Lipinski definition) is 0. The van der Waals surface area contributed by atoms with Crippen LogP contribution in [-0.2, 0) is 9.84 Å². The zero-order chi connectivity index (χ0) is 9.28. The maximum absolute atomic E-state index is 11.4. The summed E-state index contributed by atoms with van der Waals surface area (Å²) in [7, 11) is 0. The molecule has 0 aromatic heterocycles. The fourth-order valence-electron chi connectivity index (χ4n) is 0.180. The Kier molecular flexibility index (Phi) is 2.73. The van der Waals surface area contributed by atoms with E-state index in [4.69, 9.17) is 5.11 Å². The Morgan fingerprint density at radius 1 is 1.09 bits per heavy atom. The largest absolute Gasteiger partial charge is 0.474 e. The van der Waals surface area contributed by atoms with Crippen LogP contribution < -0.4 is 0 Å². The minimum Gasteiger partial charge on any atom is -0.251 e. The lowest BCUT2D eigenvalue weighted by molar-refractivity contribution is -0.463. The van der Waals surface area contributed by atoms with Crippen molar-refractivity contribution in [2.75, 3.05) is 0 Å². The van der Waals surface area contributed by atoms with E-state index in [0.717, 1.165) is 0 Å². The molecule has 0 unspecified atom stereocenters. The minimum absolute atomic E-state index is 2.07. The number of hydrogen-bond acceptors (Lipinski definition) is 1. The maximum Gasteiger partial charge on any atom is 0.474 e. The third kappa shape index (κ3) is 2.93. The summed E-state index contributed by atoms with van der Waals surface area (Å²) in [6, 6.07) is 0. The van der Waals surface area contributed by atoms with E-state index in [1.807, 2.05) is 0 Å². The predicted molar refractivity (Wildman–Crippen MR) is 17.7 cm³/mol. The number of alkyl halides is 6. The highest BCUT2D eigenvalue weighted by atomic mass is 19.3. The molecule has 0 N–H and O–H groups in total. The summed E-state index contributed by atoms with van der Waals surface area (Å²) in [5.74, 6) is 0. The molecule has 0 saturated carbocycles. The van der Waals surface area contributed by atoms with Gasteiger partial charge >= 0.3 is 18.8 Å². The average Bonchev–Trinajstić information content (AvgIpc) is 1.56. The van der Waals surface area contributed by atoms with Crippen LogP contribution in [0.3, 0.4) is 0 Å². The van der Waals surface area contributed by atoms with Gasteiger partial charge in [-0.1, -0.05) is 0 Å². The van der Waals surface area contributed by atoms with E-state index in [1.54, 1.807) is 0 Å². The van der Waals surface area contributed by atoms with E-state index < -0.39 is 18.8 Å². The molecule has 0 heterocycles. The first-order valence-corrected chi connectivity index (χ1v) is 2.09. The summed E-state index contributed by atoms with van der Waals surface area (Å²) < 4.78 is 68.9. The van der Waals surface area contributed by atoms with Gasteiger partial charge in [0.1, 0.15) is 0 Å². The van der Waals surface area contributed by atoms with Gasteiger partial charge in [-0.3, -0.25) is 4.74 Å². The van der Waals surface area contributed by atoms with Gasteiger partial charge in [-0.2, -0.15) is 26.3 Å². The van der Waals surface area contributed by atoms with Crippen molar-refractivity contribution in [1.29, 1.82) is 0 Å². The highest BCUT2D eigenvalue weighted by Crippen LogP contribution is 2.34. The van der Waals surface area contributed by atoms with E-state index >= 15 is 0 Å². The van der Waals surface area contributed by atoms with Gasteiger partial charge in [-0.15, -0.1) is 5.11 Å². The Hall–Kier alpha value is -0.500. The molecule has 11 heavy (non-hydrogen) atoms. The summed E-state index contributed by atoms with van der Waals surface area (Å²) in [5, 5.41) is 9.12. The molecule has 0 saturated heterocycles. The van der Waals surface area contributed by atoms with Crippen LogP contribution in [0.15, 0.2) is 0 Å². The van der Waals surface area contributed by atoms with Gasteiger partial charge < -0.3 is 0 Å². The first-order valence-electron chi connectivity index (χ1n) is 2.09. The van der Waals surface area contributed by atoms with E-state index in [-0.39, 0.29) is 0 Å².